The van der Waals surface area contributed by atoms with E-state index < -0.39 is 0 Å². The number of hydrogen-bond acceptors (Lipinski definition) is 3. The topological polar surface area (TPSA) is 43.5 Å². The lowest BCUT2D eigenvalue weighted by molar-refractivity contribution is 0.419. The van der Waals surface area contributed by atoms with Gasteiger partial charge in [-0.2, -0.15) is 0 Å². The monoisotopic (exact) mass is 322 g/mol. The molecule has 0 aliphatic rings. The minimum absolute atomic E-state index is 0.784. The van der Waals surface area contributed by atoms with Crippen molar-refractivity contribution in [3.8, 4) is 5.75 Å². The molecular formula is C13H15BrN4O. The molecule has 1 N–H and O–H groups in total. The lowest BCUT2D eigenvalue weighted by Gasteiger charge is -2.03. The molecule has 3 aromatic rings. The second-order valence-electron chi connectivity index (χ2n) is 4.40. The van der Waals surface area contributed by atoms with Crippen LogP contribution in [0.4, 0.5) is 0 Å². The highest BCUT2D eigenvalue weighted by Crippen LogP contribution is 2.31. The summed E-state index contributed by atoms with van der Waals surface area (Å²) in [5, 5.41) is 3.17. The third kappa shape index (κ3) is 1.67. The zero-order valence-corrected chi connectivity index (χ0v) is 12.7. The van der Waals surface area contributed by atoms with Crippen molar-refractivity contribution in [1.29, 1.82) is 0 Å². The first-order valence-corrected chi connectivity index (χ1v) is 6.81. The highest BCUT2D eigenvalue weighted by Gasteiger charge is 2.18. The molecule has 6 heteroatoms. The number of aryl methyl sites for hydroxylation is 1. The van der Waals surface area contributed by atoms with Gasteiger partial charge in [-0.25, -0.2) is 4.98 Å². The van der Waals surface area contributed by atoms with Gasteiger partial charge in [-0.05, 0) is 35.1 Å². The molecule has 0 amide bonds. The van der Waals surface area contributed by atoms with Crippen LogP contribution in [0.2, 0.25) is 0 Å². The maximum absolute atomic E-state index is 5.37. The summed E-state index contributed by atoms with van der Waals surface area (Å²) in [5.74, 6) is 1.69. The lowest BCUT2D eigenvalue weighted by atomic mass is 10.3. The van der Waals surface area contributed by atoms with Gasteiger partial charge in [0.15, 0.2) is 0 Å². The first-order valence-electron chi connectivity index (χ1n) is 6.01. The van der Waals surface area contributed by atoms with Crippen LogP contribution in [0.1, 0.15) is 5.69 Å². The number of halogens is 1. The van der Waals surface area contributed by atoms with E-state index in [0.717, 1.165) is 39.4 Å². The van der Waals surface area contributed by atoms with E-state index in [-0.39, 0.29) is 0 Å². The molecule has 19 heavy (non-hydrogen) atoms. The van der Waals surface area contributed by atoms with Crippen molar-refractivity contribution in [3.05, 3.63) is 28.5 Å². The molecular weight excluding hydrogens is 308 g/mol. The van der Waals surface area contributed by atoms with Crippen LogP contribution in [-0.2, 0) is 13.6 Å². The third-order valence-electron chi connectivity index (χ3n) is 3.33. The quantitative estimate of drug-likeness (QED) is 0.804. The molecule has 3 rings (SSSR count). The summed E-state index contributed by atoms with van der Waals surface area (Å²) in [6.45, 7) is 0.784. The predicted molar refractivity (Wildman–Crippen MR) is 78.7 cm³/mol. The average molecular weight is 323 g/mol. The number of hydrogen-bond donors (Lipinski definition) is 1. The standard InChI is InChI=1S/C13H15BrN4O/c1-15-7-9-12(14)18-8-5-4-6-10(19-3)11(8)16-13(18)17(9)2/h4-6,15H,7H2,1-3H3. The van der Waals surface area contributed by atoms with Gasteiger partial charge in [0.05, 0.1) is 18.3 Å². The van der Waals surface area contributed by atoms with E-state index in [2.05, 4.69) is 30.2 Å². The smallest absolute Gasteiger partial charge is 0.216 e. The van der Waals surface area contributed by atoms with Gasteiger partial charge in [0.2, 0.25) is 5.78 Å². The lowest BCUT2D eigenvalue weighted by Crippen LogP contribution is -2.09. The number of nitrogens with one attached hydrogen (secondary N) is 1. The normalized spacial score (nSPS) is 11.6. The number of para-hydroxylation sites is 1. The molecule has 100 valence electrons. The number of fused-ring (bicyclic) bond motifs is 3. The second-order valence-corrected chi connectivity index (χ2v) is 5.15. The molecule has 0 bridgehead atoms. The second kappa shape index (κ2) is 4.54. The van der Waals surface area contributed by atoms with Crippen LogP contribution >= 0.6 is 15.9 Å². The molecule has 0 aliphatic heterocycles. The summed E-state index contributed by atoms with van der Waals surface area (Å²) in [6, 6.07) is 5.95. The Bertz CT molecular complexity index is 759. The molecule has 0 radical (unpaired) electrons. The Hall–Kier alpha value is -1.53. The van der Waals surface area contributed by atoms with Crippen LogP contribution in [0.15, 0.2) is 22.8 Å². The van der Waals surface area contributed by atoms with Crippen LogP contribution in [0.5, 0.6) is 5.75 Å². The molecule has 2 aromatic heterocycles. The summed E-state index contributed by atoms with van der Waals surface area (Å²) in [4.78, 5) is 4.69. The molecule has 5 nitrogen and oxygen atoms in total. The number of methoxy groups -OCH3 is 1. The number of nitrogens with zero attached hydrogens (tertiary/aromatic N) is 3. The summed E-state index contributed by atoms with van der Waals surface area (Å²) in [7, 11) is 5.62. The molecule has 0 unspecified atom stereocenters. The number of benzene rings is 1. The molecule has 0 fully saturated rings. The van der Waals surface area contributed by atoms with Gasteiger partial charge < -0.3 is 14.6 Å². The largest absolute Gasteiger partial charge is 0.494 e. The molecule has 0 spiro atoms. The van der Waals surface area contributed by atoms with E-state index in [1.165, 1.54) is 0 Å². The zero-order valence-electron chi connectivity index (χ0n) is 11.1. The van der Waals surface area contributed by atoms with E-state index >= 15 is 0 Å². The van der Waals surface area contributed by atoms with Crippen molar-refractivity contribution in [2.24, 2.45) is 7.05 Å². The third-order valence-corrected chi connectivity index (χ3v) is 4.15. The van der Waals surface area contributed by atoms with Crippen molar-refractivity contribution in [2.75, 3.05) is 14.2 Å². The fraction of sp³-hybridized carbons (Fsp3) is 0.308. The van der Waals surface area contributed by atoms with E-state index in [0.29, 0.717) is 0 Å². The Labute approximate surface area is 119 Å². The minimum atomic E-state index is 0.784. The van der Waals surface area contributed by atoms with Crippen molar-refractivity contribution >= 4 is 32.7 Å². The summed E-state index contributed by atoms with van der Waals surface area (Å²) in [5.41, 5.74) is 3.08. The summed E-state index contributed by atoms with van der Waals surface area (Å²) in [6.07, 6.45) is 0. The highest BCUT2D eigenvalue weighted by atomic mass is 79.9. The maximum atomic E-state index is 5.37. The van der Waals surface area contributed by atoms with Crippen LogP contribution in [0.3, 0.4) is 0 Å². The number of aromatic nitrogens is 3. The van der Waals surface area contributed by atoms with Gasteiger partial charge in [-0.3, -0.25) is 4.40 Å². The van der Waals surface area contributed by atoms with Crippen molar-refractivity contribution in [2.45, 2.75) is 6.54 Å². The van der Waals surface area contributed by atoms with Crippen molar-refractivity contribution in [3.63, 3.8) is 0 Å². The maximum Gasteiger partial charge on any atom is 0.216 e. The molecule has 1 aromatic carbocycles. The fourth-order valence-corrected chi connectivity index (χ4v) is 3.15. The van der Waals surface area contributed by atoms with Gasteiger partial charge in [0, 0.05) is 13.6 Å². The number of rotatable bonds is 3. The van der Waals surface area contributed by atoms with Crippen molar-refractivity contribution < 1.29 is 4.74 Å². The summed E-state index contributed by atoms with van der Waals surface area (Å²) >= 11 is 3.67. The first-order chi connectivity index (χ1) is 9.19. The van der Waals surface area contributed by atoms with Gasteiger partial charge in [0.1, 0.15) is 15.9 Å². The Morgan fingerprint density at radius 2 is 2.21 bits per heavy atom. The van der Waals surface area contributed by atoms with Gasteiger partial charge >= 0.3 is 0 Å². The van der Waals surface area contributed by atoms with Crippen LogP contribution in [0.25, 0.3) is 16.8 Å². The molecule has 0 saturated carbocycles. The SMILES string of the molecule is CNCc1c(Br)n2c3cccc(OC)c3nc2n1C. The zero-order chi connectivity index (χ0) is 13.6. The Morgan fingerprint density at radius 1 is 1.42 bits per heavy atom. The first kappa shape index (κ1) is 12.5. The van der Waals surface area contributed by atoms with E-state index in [4.69, 9.17) is 9.72 Å². The van der Waals surface area contributed by atoms with Gasteiger partial charge in [-0.1, -0.05) is 6.07 Å². The van der Waals surface area contributed by atoms with Crippen molar-refractivity contribution in [1.82, 2.24) is 19.3 Å². The van der Waals surface area contributed by atoms with E-state index in [9.17, 15) is 0 Å². The summed E-state index contributed by atoms with van der Waals surface area (Å²) < 4.78 is 10.6. The van der Waals surface area contributed by atoms with Gasteiger partial charge in [-0.15, -0.1) is 0 Å². The number of imidazole rings is 2. The molecule has 0 saturated heterocycles. The van der Waals surface area contributed by atoms with Gasteiger partial charge in [0.25, 0.3) is 0 Å². The fourth-order valence-electron chi connectivity index (χ4n) is 2.39. The molecule has 0 atom stereocenters. The molecule has 0 aliphatic carbocycles. The predicted octanol–water partition coefficient (Wildman–Crippen LogP) is 2.32. The minimum Gasteiger partial charge on any atom is -0.494 e. The highest BCUT2D eigenvalue weighted by molar-refractivity contribution is 9.10. The van der Waals surface area contributed by atoms with E-state index in [1.807, 2.05) is 32.3 Å². The Morgan fingerprint density at radius 3 is 2.89 bits per heavy atom. The van der Waals surface area contributed by atoms with E-state index in [1.54, 1.807) is 7.11 Å². The Balaban J connectivity index is 2.41. The number of ether oxygens (including phenoxy) is 1. The Kier molecular flexibility index (Phi) is 2.99. The van der Waals surface area contributed by atoms with Crippen LogP contribution in [0, 0.1) is 0 Å². The van der Waals surface area contributed by atoms with Crippen LogP contribution < -0.4 is 10.1 Å². The van der Waals surface area contributed by atoms with Crippen LogP contribution in [-0.4, -0.2) is 28.1 Å². The average Bonchev–Trinajstić information content (AvgIpc) is 2.91. The molecule has 2 heterocycles.